The first-order valence-electron chi connectivity index (χ1n) is 9.06. The van der Waals surface area contributed by atoms with Gasteiger partial charge in [-0.1, -0.05) is 12.5 Å². The van der Waals surface area contributed by atoms with E-state index in [1.165, 1.54) is 36.3 Å². The van der Waals surface area contributed by atoms with Crippen LogP contribution in [0.2, 0.25) is 0 Å². The summed E-state index contributed by atoms with van der Waals surface area (Å²) in [6.07, 6.45) is 7.70. The molecule has 5 unspecified atom stereocenters. The van der Waals surface area contributed by atoms with Gasteiger partial charge in [0, 0.05) is 12.2 Å². The molecule has 2 bridgehead atoms. The standard InChI is InChI=1S/C18H20N4O3/c23-18-16(22(24)25)17(20-15-6-1-2-7-21(15)18)19-14-9-10-8-13(14)12-5-3-4-11(10)12/h1-2,6-7,10-14,19H,3-5,8-9H2. The third-order valence-electron chi connectivity index (χ3n) is 6.64. The van der Waals surface area contributed by atoms with Gasteiger partial charge in [0.25, 0.3) is 0 Å². The van der Waals surface area contributed by atoms with E-state index in [0.29, 0.717) is 11.6 Å². The summed E-state index contributed by atoms with van der Waals surface area (Å²) in [4.78, 5) is 27.9. The number of aromatic nitrogens is 2. The van der Waals surface area contributed by atoms with E-state index in [-0.39, 0.29) is 11.9 Å². The number of hydrogen-bond donors (Lipinski definition) is 1. The Morgan fingerprint density at radius 2 is 2.04 bits per heavy atom. The smallest absolute Gasteiger partial charge is 0.361 e. The lowest BCUT2D eigenvalue weighted by Crippen LogP contribution is -2.35. The summed E-state index contributed by atoms with van der Waals surface area (Å²) in [5.41, 5.74) is -0.642. The molecule has 25 heavy (non-hydrogen) atoms. The average molecular weight is 340 g/mol. The maximum Gasteiger partial charge on any atom is 0.376 e. The summed E-state index contributed by atoms with van der Waals surface area (Å²) < 4.78 is 1.23. The van der Waals surface area contributed by atoms with Gasteiger partial charge >= 0.3 is 11.2 Å². The van der Waals surface area contributed by atoms with E-state index in [1.54, 1.807) is 18.2 Å². The Bertz CT molecular complexity index is 924. The monoisotopic (exact) mass is 340 g/mol. The molecule has 7 heteroatoms. The molecule has 0 aromatic carbocycles. The second-order valence-electron chi connectivity index (χ2n) is 7.70. The first-order valence-corrected chi connectivity index (χ1v) is 9.06. The van der Waals surface area contributed by atoms with E-state index in [0.717, 1.165) is 24.2 Å². The number of pyridine rings is 1. The Labute approximate surface area is 144 Å². The molecule has 0 spiro atoms. The number of nitrogens with zero attached hydrogens (tertiary/aromatic N) is 3. The zero-order valence-corrected chi connectivity index (χ0v) is 13.8. The van der Waals surface area contributed by atoms with E-state index >= 15 is 0 Å². The second-order valence-corrected chi connectivity index (χ2v) is 7.70. The van der Waals surface area contributed by atoms with Crippen LogP contribution in [0.4, 0.5) is 11.5 Å². The Balaban J connectivity index is 1.54. The number of nitro groups is 1. The third kappa shape index (κ3) is 2.11. The number of anilines is 1. The van der Waals surface area contributed by atoms with E-state index in [1.807, 2.05) is 0 Å². The third-order valence-corrected chi connectivity index (χ3v) is 6.64. The van der Waals surface area contributed by atoms with Crippen molar-refractivity contribution in [3.05, 3.63) is 44.9 Å². The highest BCUT2D eigenvalue weighted by Crippen LogP contribution is 2.59. The fourth-order valence-electron chi connectivity index (χ4n) is 5.75. The molecule has 5 rings (SSSR count). The van der Waals surface area contributed by atoms with Crippen LogP contribution in [0.15, 0.2) is 29.2 Å². The largest absolute Gasteiger partial charge is 0.376 e. The summed E-state index contributed by atoms with van der Waals surface area (Å²) in [7, 11) is 0. The van der Waals surface area contributed by atoms with Gasteiger partial charge in [-0.2, -0.15) is 0 Å². The zero-order chi connectivity index (χ0) is 17.1. The van der Waals surface area contributed by atoms with Gasteiger partial charge in [0.15, 0.2) is 0 Å². The van der Waals surface area contributed by atoms with Crippen LogP contribution in [-0.4, -0.2) is 20.3 Å². The number of rotatable bonds is 3. The molecule has 0 amide bonds. The molecular formula is C18H20N4O3. The molecule has 0 saturated heterocycles. The van der Waals surface area contributed by atoms with Gasteiger partial charge in [0.05, 0.1) is 4.92 Å². The van der Waals surface area contributed by atoms with E-state index in [2.05, 4.69) is 10.3 Å². The number of fused-ring (bicyclic) bond motifs is 6. The van der Waals surface area contributed by atoms with Gasteiger partial charge in [-0.25, -0.2) is 4.98 Å². The molecule has 2 aromatic heterocycles. The fraction of sp³-hybridized carbons (Fsp3) is 0.556. The van der Waals surface area contributed by atoms with Crippen molar-refractivity contribution in [1.82, 2.24) is 9.38 Å². The summed E-state index contributed by atoms with van der Waals surface area (Å²) >= 11 is 0. The van der Waals surface area contributed by atoms with Crippen LogP contribution in [0.3, 0.4) is 0 Å². The first-order chi connectivity index (χ1) is 12.1. The highest BCUT2D eigenvalue weighted by Gasteiger charge is 2.54. The van der Waals surface area contributed by atoms with Gasteiger partial charge in [-0.05, 0) is 61.5 Å². The summed E-state index contributed by atoms with van der Waals surface area (Å²) in [6.45, 7) is 0. The number of nitrogens with one attached hydrogen (secondary N) is 1. The van der Waals surface area contributed by atoms with E-state index in [4.69, 9.17) is 0 Å². The maximum atomic E-state index is 12.5. The van der Waals surface area contributed by atoms with Gasteiger partial charge in [-0.3, -0.25) is 19.3 Å². The lowest BCUT2D eigenvalue weighted by molar-refractivity contribution is -0.385. The Hall–Kier alpha value is -2.44. The van der Waals surface area contributed by atoms with Crippen LogP contribution in [-0.2, 0) is 0 Å². The van der Waals surface area contributed by atoms with E-state index in [9.17, 15) is 14.9 Å². The predicted octanol–water partition coefficient (Wildman–Crippen LogP) is 2.84. The topological polar surface area (TPSA) is 89.5 Å². The lowest BCUT2D eigenvalue weighted by atomic mass is 9.79. The maximum absolute atomic E-state index is 12.5. The van der Waals surface area contributed by atoms with Crippen LogP contribution in [0.5, 0.6) is 0 Å². The second kappa shape index (κ2) is 5.28. The van der Waals surface area contributed by atoms with Crippen molar-refractivity contribution < 1.29 is 4.92 Å². The Kier molecular flexibility index (Phi) is 3.14. The first kappa shape index (κ1) is 14.9. The summed E-state index contributed by atoms with van der Waals surface area (Å²) in [5, 5.41) is 14.8. The van der Waals surface area contributed by atoms with Crippen molar-refractivity contribution in [1.29, 1.82) is 0 Å². The van der Waals surface area contributed by atoms with Crippen molar-refractivity contribution >= 4 is 17.2 Å². The molecule has 3 aliphatic carbocycles. The van der Waals surface area contributed by atoms with Gasteiger partial charge in [0.2, 0.25) is 5.82 Å². The number of hydrogen-bond acceptors (Lipinski definition) is 5. The lowest BCUT2D eigenvalue weighted by Gasteiger charge is -2.32. The molecule has 7 nitrogen and oxygen atoms in total. The van der Waals surface area contributed by atoms with Gasteiger partial charge < -0.3 is 5.32 Å². The van der Waals surface area contributed by atoms with Crippen LogP contribution < -0.4 is 10.9 Å². The highest BCUT2D eigenvalue weighted by atomic mass is 16.6. The van der Waals surface area contributed by atoms with Crippen LogP contribution in [0, 0.1) is 33.8 Å². The fourth-order valence-corrected chi connectivity index (χ4v) is 5.75. The molecule has 2 heterocycles. The predicted molar refractivity (Wildman–Crippen MR) is 92.6 cm³/mol. The molecule has 1 N–H and O–H groups in total. The summed E-state index contributed by atoms with van der Waals surface area (Å²) in [5.74, 6) is 3.03. The van der Waals surface area contributed by atoms with Crippen molar-refractivity contribution in [2.24, 2.45) is 23.7 Å². The quantitative estimate of drug-likeness (QED) is 0.685. The molecule has 3 fully saturated rings. The Morgan fingerprint density at radius 3 is 2.88 bits per heavy atom. The van der Waals surface area contributed by atoms with Crippen molar-refractivity contribution in [2.75, 3.05) is 5.32 Å². The molecule has 5 atom stereocenters. The molecule has 3 saturated carbocycles. The molecule has 0 radical (unpaired) electrons. The molecule has 3 aliphatic rings. The van der Waals surface area contributed by atoms with Gasteiger partial charge in [-0.15, -0.1) is 0 Å². The Morgan fingerprint density at radius 1 is 1.20 bits per heavy atom. The van der Waals surface area contributed by atoms with Crippen molar-refractivity contribution in [3.63, 3.8) is 0 Å². The minimum Gasteiger partial charge on any atom is -0.361 e. The highest BCUT2D eigenvalue weighted by molar-refractivity contribution is 5.60. The van der Waals surface area contributed by atoms with Crippen LogP contribution in [0.25, 0.3) is 5.65 Å². The van der Waals surface area contributed by atoms with Gasteiger partial charge in [0.1, 0.15) is 5.65 Å². The van der Waals surface area contributed by atoms with E-state index < -0.39 is 16.2 Å². The van der Waals surface area contributed by atoms with Crippen LogP contribution >= 0.6 is 0 Å². The average Bonchev–Trinajstić information content (AvgIpc) is 3.27. The van der Waals surface area contributed by atoms with Crippen molar-refractivity contribution in [3.8, 4) is 0 Å². The van der Waals surface area contributed by atoms with Crippen LogP contribution in [0.1, 0.15) is 32.1 Å². The molecular weight excluding hydrogens is 320 g/mol. The molecule has 0 aliphatic heterocycles. The minimum absolute atomic E-state index is 0.133. The van der Waals surface area contributed by atoms with Crippen molar-refractivity contribution in [2.45, 2.75) is 38.1 Å². The normalized spacial score (nSPS) is 32.9. The zero-order valence-electron chi connectivity index (χ0n) is 13.8. The molecule has 2 aromatic rings. The molecule has 130 valence electrons. The minimum atomic E-state index is -0.625. The summed E-state index contributed by atoms with van der Waals surface area (Å²) in [6, 6.07) is 5.34. The SMILES string of the molecule is O=c1c([N+](=O)[O-])c(NC2CC3CC2C2CCCC32)nc2ccccn12.